The van der Waals surface area contributed by atoms with Gasteiger partial charge in [0.1, 0.15) is 0 Å². The first-order valence-corrected chi connectivity index (χ1v) is 10.7. The maximum absolute atomic E-state index is 4.79. The van der Waals surface area contributed by atoms with Crippen LogP contribution in [0.5, 0.6) is 0 Å². The molecule has 32 heavy (non-hydrogen) atoms. The molecule has 0 aliphatic carbocycles. The molecule has 0 aliphatic rings. The van der Waals surface area contributed by atoms with Gasteiger partial charge in [-0.3, -0.25) is 9.97 Å². The van der Waals surface area contributed by atoms with Gasteiger partial charge in [0, 0.05) is 23.5 Å². The van der Waals surface area contributed by atoms with Gasteiger partial charge in [-0.25, -0.2) is 0 Å². The third-order valence-electron chi connectivity index (χ3n) is 5.96. The fraction of sp³-hybridized carbons (Fsp3) is 0. The highest BCUT2D eigenvalue weighted by molar-refractivity contribution is 5.90. The van der Waals surface area contributed by atoms with Gasteiger partial charge >= 0.3 is 0 Å². The third-order valence-corrected chi connectivity index (χ3v) is 5.96. The molecule has 2 heteroatoms. The summed E-state index contributed by atoms with van der Waals surface area (Å²) >= 11 is 0. The van der Waals surface area contributed by atoms with Crippen LogP contribution in [-0.4, -0.2) is 9.97 Å². The standard InChI is InChI=1S/C30H20N2/c1-3-8-23-18-25(13-11-21(23)6-1)27-15-16-29(32-20-27)30-28(10-5-17-31-30)26-14-12-22-7-2-4-9-24(22)19-26/h1-20H. The Hall–Kier alpha value is -4.30. The van der Waals surface area contributed by atoms with Gasteiger partial charge in [0.25, 0.3) is 0 Å². The highest BCUT2D eigenvalue weighted by Gasteiger charge is 2.11. The molecule has 150 valence electrons. The summed E-state index contributed by atoms with van der Waals surface area (Å²) in [6.45, 7) is 0. The molecule has 0 bridgehead atoms. The minimum Gasteiger partial charge on any atom is -0.254 e. The smallest absolute Gasteiger partial charge is 0.0964 e. The van der Waals surface area contributed by atoms with Gasteiger partial charge < -0.3 is 0 Å². The Morgan fingerprint density at radius 1 is 0.438 bits per heavy atom. The molecule has 0 radical (unpaired) electrons. The quantitative estimate of drug-likeness (QED) is 0.299. The van der Waals surface area contributed by atoms with Crippen LogP contribution in [0.4, 0.5) is 0 Å². The Bertz CT molecular complexity index is 1570. The number of rotatable bonds is 3. The number of benzene rings is 4. The van der Waals surface area contributed by atoms with E-state index in [0.29, 0.717) is 0 Å². The van der Waals surface area contributed by atoms with Crippen LogP contribution in [0.25, 0.3) is 55.2 Å². The molecule has 2 heterocycles. The molecule has 0 atom stereocenters. The van der Waals surface area contributed by atoms with E-state index in [4.69, 9.17) is 4.98 Å². The van der Waals surface area contributed by atoms with Crippen LogP contribution >= 0.6 is 0 Å². The maximum atomic E-state index is 4.79. The zero-order chi connectivity index (χ0) is 21.3. The van der Waals surface area contributed by atoms with Crippen molar-refractivity contribution in [2.75, 3.05) is 0 Å². The molecule has 0 unspecified atom stereocenters. The van der Waals surface area contributed by atoms with Gasteiger partial charge in [-0.05, 0) is 56.9 Å². The van der Waals surface area contributed by atoms with Crippen molar-refractivity contribution in [2.24, 2.45) is 0 Å². The summed E-state index contributed by atoms with van der Waals surface area (Å²) in [5, 5.41) is 4.94. The highest BCUT2D eigenvalue weighted by Crippen LogP contribution is 2.32. The van der Waals surface area contributed by atoms with E-state index in [1.807, 2.05) is 18.5 Å². The maximum Gasteiger partial charge on any atom is 0.0964 e. The number of aromatic nitrogens is 2. The van der Waals surface area contributed by atoms with Crippen molar-refractivity contribution < 1.29 is 0 Å². The second-order valence-electron chi connectivity index (χ2n) is 7.96. The summed E-state index contributed by atoms with van der Waals surface area (Å²) in [4.78, 5) is 9.48. The van der Waals surface area contributed by atoms with Crippen molar-refractivity contribution in [3.05, 3.63) is 122 Å². The molecule has 0 fully saturated rings. The van der Waals surface area contributed by atoms with Gasteiger partial charge in [0.15, 0.2) is 0 Å². The molecule has 0 spiro atoms. The van der Waals surface area contributed by atoms with E-state index < -0.39 is 0 Å². The monoisotopic (exact) mass is 408 g/mol. The minimum atomic E-state index is 0.873. The molecule has 6 rings (SSSR count). The zero-order valence-corrected chi connectivity index (χ0v) is 17.4. The minimum absolute atomic E-state index is 0.873. The van der Waals surface area contributed by atoms with E-state index in [-0.39, 0.29) is 0 Å². The molecular formula is C30H20N2. The molecule has 0 N–H and O–H groups in total. The predicted octanol–water partition coefficient (Wildman–Crippen LogP) is 7.78. The number of nitrogens with zero attached hydrogens (tertiary/aromatic N) is 2. The predicted molar refractivity (Wildman–Crippen MR) is 133 cm³/mol. The lowest BCUT2D eigenvalue weighted by Gasteiger charge is -2.10. The van der Waals surface area contributed by atoms with Gasteiger partial charge in [0.05, 0.1) is 11.4 Å². The third kappa shape index (κ3) is 3.32. The van der Waals surface area contributed by atoms with Crippen LogP contribution in [0.2, 0.25) is 0 Å². The lowest BCUT2D eigenvalue weighted by atomic mass is 9.98. The molecule has 0 aliphatic heterocycles. The second kappa shape index (κ2) is 7.75. The molecule has 6 aromatic rings. The van der Waals surface area contributed by atoms with E-state index in [0.717, 1.165) is 28.1 Å². The van der Waals surface area contributed by atoms with Crippen molar-refractivity contribution in [1.82, 2.24) is 9.97 Å². The first-order chi connectivity index (χ1) is 15.8. The van der Waals surface area contributed by atoms with Crippen molar-refractivity contribution >= 4 is 21.5 Å². The summed E-state index contributed by atoms with van der Waals surface area (Å²) < 4.78 is 0. The largest absolute Gasteiger partial charge is 0.254 e. The summed E-state index contributed by atoms with van der Waals surface area (Å²) in [5.41, 5.74) is 6.27. The van der Waals surface area contributed by atoms with Gasteiger partial charge in [-0.1, -0.05) is 84.9 Å². The fourth-order valence-corrected chi connectivity index (χ4v) is 4.27. The summed E-state index contributed by atoms with van der Waals surface area (Å²) in [7, 11) is 0. The van der Waals surface area contributed by atoms with Crippen LogP contribution in [0.15, 0.2) is 122 Å². The fourth-order valence-electron chi connectivity index (χ4n) is 4.27. The van der Waals surface area contributed by atoms with Crippen molar-refractivity contribution in [3.8, 4) is 33.6 Å². The number of hydrogen-bond donors (Lipinski definition) is 0. The molecule has 0 saturated heterocycles. The van der Waals surface area contributed by atoms with Crippen LogP contribution in [0.1, 0.15) is 0 Å². The van der Waals surface area contributed by atoms with Crippen LogP contribution in [0.3, 0.4) is 0 Å². The Kier molecular flexibility index (Phi) is 4.47. The van der Waals surface area contributed by atoms with E-state index >= 15 is 0 Å². The topological polar surface area (TPSA) is 25.8 Å². The molecule has 0 saturated carbocycles. The SMILES string of the molecule is c1cnc(-c2ccc(-c3ccc4ccccc4c3)cn2)c(-c2ccc3ccccc3c2)c1. The average Bonchev–Trinajstić information content (AvgIpc) is 2.88. The molecule has 0 amide bonds. The van der Waals surface area contributed by atoms with E-state index in [9.17, 15) is 0 Å². The second-order valence-corrected chi connectivity index (χ2v) is 7.96. The average molecular weight is 409 g/mol. The van der Waals surface area contributed by atoms with Crippen molar-refractivity contribution in [2.45, 2.75) is 0 Å². The Balaban J connectivity index is 1.39. The zero-order valence-electron chi connectivity index (χ0n) is 17.4. The van der Waals surface area contributed by atoms with Crippen molar-refractivity contribution in [3.63, 3.8) is 0 Å². The lowest BCUT2D eigenvalue weighted by molar-refractivity contribution is 1.25. The van der Waals surface area contributed by atoms with E-state index in [1.54, 1.807) is 0 Å². The Labute approximate surface area is 186 Å². The summed E-state index contributed by atoms with van der Waals surface area (Å²) in [6, 6.07) is 38.2. The van der Waals surface area contributed by atoms with Crippen LogP contribution in [0, 0.1) is 0 Å². The van der Waals surface area contributed by atoms with Crippen molar-refractivity contribution in [1.29, 1.82) is 0 Å². The number of pyridine rings is 2. The summed E-state index contributed by atoms with van der Waals surface area (Å²) in [5.74, 6) is 0. The Morgan fingerprint density at radius 2 is 1.06 bits per heavy atom. The van der Waals surface area contributed by atoms with E-state index in [2.05, 4.69) is 108 Å². The molecule has 2 nitrogen and oxygen atoms in total. The molecule has 4 aromatic carbocycles. The van der Waals surface area contributed by atoms with Crippen LogP contribution < -0.4 is 0 Å². The lowest BCUT2D eigenvalue weighted by Crippen LogP contribution is -1.92. The highest BCUT2D eigenvalue weighted by atomic mass is 14.8. The first kappa shape index (κ1) is 18.5. The first-order valence-electron chi connectivity index (χ1n) is 10.7. The van der Waals surface area contributed by atoms with Gasteiger partial charge in [-0.15, -0.1) is 0 Å². The van der Waals surface area contributed by atoms with Gasteiger partial charge in [-0.2, -0.15) is 0 Å². The number of fused-ring (bicyclic) bond motifs is 2. The number of hydrogen-bond acceptors (Lipinski definition) is 2. The normalized spacial score (nSPS) is 11.1. The molecule has 2 aromatic heterocycles. The van der Waals surface area contributed by atoms with E-state index in [1.165, 1.54) is 27.1 Å². The van der Waals surface area contributed by atoms with Crippen LogP contribution in [-0.2, 0) is 0 Å². The molecular weight excluding hydrogens is 388 g/mol. The van der Waals surface area contributed by atoms with Gasteiger partial charge in [0.2, 0.25) is 0 Å². The summed E-state index contributed by atoms with van der Waals surface area (Å²) in [6.07, 6.45) is 3.77. The Morgan fingerprint density at radius 3 is 1.75 bits per heavy atom.